The molecule has 0 heterocycles. The van der Waals surface area contributed by atoms with Gasteiger partial charge in [-0.05, 0) is 12.8 Å². The van der Waals surface area contributed by atoms with Gasteiger partial charge in [-0.2, -0.15) is 0 Å². The highest BCUT2D eigenvalue weighted by Gasteiger charge is 2.07. The molecule has 0 aliphatic carbocycles. The van der Waals surface area contributed by atoms with E-state index in [0.29, 0.717) is 12.5 Å². The second kappa shape index (κ2) is 4.96. The third-order valence-corrected chi connectivity index (χ3v) is 0.931. The molecule has 1 unspecified atom stereocenters. The smallest absolute Gasteiger partial charge is 0.450 e. The molecule has 0 bridgehead atoms. The fraction of sp³-hybridized carbons (Fsp3) is 0.857. The van der Waals surface area contributed by atoms with Crippen LogP contribution in [0.5, 0.6) is 0 Å². The summed E-state index contributed by atoms with van der Waals surface area (Å²) in [7, 11) is 0. The van der Waals surface area contributed by atoms with E-state index in [1.165, 1.54) is 0 Å². The predicted molar refractivity (Wildman–Crippen MR) is 39.4 cm³/mol. The first-order valence-corrected chi connectivity index (χ1v) is 3.53. The van der Waals surface area contributed by atoms with Crippen molar-refractivity contribution in [3.8, 4) is 0 Å². The number of carboxylic acid groups (broad SMARTS) is 1. The molecule has 11 heavy (non-hydrogen) atoms. The molecule has 66 valence electrons. The molecular weight excluding hydrogens is 148 g/mol. The summed E-state index contributed by atoms with van der Waals surface area (Å²) in [5.41, 5.74) is 0. The van der Waals surface area contributed by atoms with Crippen molar-refractivity contribution in [1.29, 1.82) is 0 Å². The number of carbonyl (C=O) groups is 1. The number of hydrogen-bond acceptors (Lipinski definition) is 3. The minimum atomic E-state index is -1.30. The Kier molecular flexibility index (Phi) is 4.61. The second-order valence-corrected chi connectivity index (χ2v) is 2.68. The first kappa shape index (κ1) is 10.2. The lowest BCUT2D eigenvalue weighted by atomic mass is 10.2. The van der Waals surface area contributed by atoms with Gasteiger partial charge in [0.15, 0.2) is 0 Å². The average Bonchev–Trinajstić information content (AvgIpc) is 1.82. The molecule has 0 amide bonds. The van der Waals surface area contributed by atoms with Gasteiger partial charge >= 0.3 is 6.16 Å². The third-order valence-electron chi connectivity index (χ3n) is 0.931. The van der Waals surface area contributed by atoms with E-state index >= 15 is 0 Å². The Balaban J connectivity index is 3.37. The maximum atomic E-state index is 9.95. The number of hydrogen-bond donors (Lipinski definition) is 1. The van der Waals surface area contributed by atoms with E-state index in [2.05, 4.69) is 4.74 Å². The Morgan fingerprint density at radius 1 is 1.45 bits per heavy atom. The molecule has 0 fully saturated rings. The van der Waals surface area contributed by atoms with Crippen molar-refractivity contribution in [2.45, 2.75) is 27.1 Å². The monoisotopic (exact) mass is 162 g/mol. The fourth-order valence-electron chi connectivity index (χ4n) is 0.504. The third kappa shape index (κ3) is 7.12. The minimum absolute atomic E-state index is 0.384. The van der Waals surface area contributed by atoms with Gasteiger partial charge in [0.2, 0.25) is 6.29 Å². The van der Waals surface area contributed by atoms with Gasteiger partial charge < -0.3 is 14.6 Å². The number of ether oxygens (including phenoxy) is 2. The summed E-state index contributed by atoms with van der Waals surface area (Å²) < 4.78 is 9.31. The fourth-order valence-corrected chi connectivity index (χ4v) is 0.504. The van der Waals surface area contributed by atoms with Crippen LogP contribution in [0.2, 0.25) is 0 Å². The zero-order valence-corrected chi connectivity index (χ0v) is 7.03. The Bertz CT molecular complexity index is 122. The van der Waals surface area contributed by atoms with Crippen LogP contribution in [0.25, 0.3) is 0 Å². The van der Waals surface area contributed by atoms with Gasteiger partial charge in [-0.15, -0.1) is 0 Å². The highest BCUT2D eigenvalue weighted by atomic mass is 16.8. The average molecular weight is 162 g/mol. The molecule has 4 heteroatoms. The van der Waals surface area contributed by atoms with Crippen molar-refractivity contribution in [3.63, 3.8) is 0 Å². The highest BCUT2D eigenvalue weighted by molar-refractivity contribution is 5.56. The highest BCUT2D eigenvalue weighted by Crippen LogP contribution is 1.98. The van der Waals surface area contributed by atoms with E-state index in [-0.39, 0.29) is 0 Å². The van der Waals surface area contributed by atoms with Crippen LogP contribution in [0.1, 0.15) is 20.8 Å². The molecule has 0 aromatic rings. The lowest BCUT2D eigenvalue weighted by Crippen LogP contribution is -2.18. The Labute approximate surface area is 66.1 Å². The van der Waals surface area contributed by atoms with Gasteiger partial charge in [0.05, 0.1) is 6.61 Å². The standard InChI is InChI=1S/C7H14O4/c1-5(2)4-10-6(3)11-7(8)9/h5-6H,4H2,1-3H3,(H,8,9). The first-order valence-electron chi connectivity index (χ1n) is 3.53. The zero-order chi connectivity index (χ0) is 8.85. The molecule has 1 N–H and O–H groups in total. The van der Waals surface area contributed by atoms with Crippen molar-refractivity contribution in [2.75, 3.05) is 6.61 Å². The Morgan fingerprint density at radius 2 is 2.00 bits per heavy atom. The van der Waals surface area contributed by atoms with Gasteiger partial charge in [0.1, 0.15) is 0 Å². The Hall–Kier alpha value is -0.770. The van der Waals surface area contributed by atoms with Crippen LogP contribution in [0.15, 0.2) is 0 Å². The first-order chi connectivity index (χ1) is 5.02. The minimum Gasteiger partial charge on any atom is -0.450 e. The maximum absolute atomic E-state index is 9.95. The summed E-state index contributed by atoms with van der Waals surface area (Å²) in [5.74, 6) is 0.384. The van der Waals surface area contributed by atoms with E-state index in [1.54, 1.807) is 6.92 Å². The SMILES string of the molecule is CC(C)COC(C)OC(=O)O. The quantitative estimate of drug-likeness (QED) is 0.505. The molecule has 1 atom stereocenters. The molecule has 0 aliphatic rings. The summed E-state index contributed by atoms with van der Waals surface area (Å²) in [6.07, 6.45) is -1.98. The van der Waals surface area contributed by atoms with Crippen LogP contribution in [0.3, 0.4) is 0 Å². The second-order valence-electron chi connectivity index (χ2n) is 2.68. The van der Waals surface area contributed by atoms with Gasteiger partial charge in [0, 0.05) is 0 Å². The molecule has 0 aromatic carbocycles. The molecule has 0 spiro atoms. The van der Waals surface area contributed by atoms with Gasteiger partial charge in [-0.3, -0.25) is 0 Å². The van der Waals surface area contributed by atoms with Gasteiger partial charge in [0.25, 0.3) is 0 Å². The topological polar surface area (TPSA) is 55.8 Å². The molecule has 0 radical (unpaired) electrons. The molecule has 0 rings (SSSR count). The van der Waals surface area contributed by atoms with Crippen molar-refractivity contribution in [1.82, 2.24) is 0 Å². The van der Waals surface area contributed by atoms with Crippen LogP contribution in [0.4, 0.5) is 4.79 Å². The van der Waals surface area contributed by atoms with Crippen LogP contribution in [0, 0.1) is 5.92 Å². The lowest BCUT2D eigenvalue weighted by Gasteiger charge is -2.12. The van der Waals surface area contributed by atoms with E-state index in [9.17, 15) is 4.79 Å². The molecule has 0 saturated heterocycles. The normalized spacial score (nSPS) is 13.1. The van der Waals surface area contributed by atoms with Crippen molar-refractivity contribution >= 4 is 6.16 Å². The summed E-state index contributed by atoms with van der Waals surface area (Å²) >= 11 is 0. The van der Waals surface area contributed by atoms with Crippen molar-refractivity contribution in [3.05, 3.63) is 0 Å². The largest absolute Gasteiger partial charge is 0.508 e. The van der Waals surface area contributed by atoms with E-state index < -0.39 is 12.4 Å². The molecule has 0 saturated carbocycles. The predicted octanol–water partition coefficient (Wildman–Crippen LogP) is 1.70. The summed E-state index contributed by atoms with van der Waals surface area (Å²) in [6, 6.07) is 0. The molecule has 4 nitrogen and oxygen atoms in total. The maximum Gasteiger partial charge on any atom is 0.508 e. The van der Waals surface area contributed by atoms with E-state index in [1.807, 2.05) is 13.8 Å². The zero-order valence-electron chi connectivity index (χ0n) is 7.03. The van der Waals surface area contributed by atoms with E-state index in [0.717, 1.165) is 0 Å². The number of rotatable bonds is 4. The molecular formula is C7H14O4. The summed E-state index contributed by atoms with van der Waals surface area (Å²) in [6.45, 7) is 6.02. The molecule has 0 aromatic heterocycles. The van der Waals surface area contributed by atoms with Crippen molar-refractivity contribution in [2.24, 2.45) is 5.92 Å². The van der Waals surface area contributed by atoms with Crippen LogP contribution in [-0.4, -0.2) is 24.2 Å². The van der Waals surface area contributed by atoms with Crippen molar-refractivity contribution < 1.29 is 19.4 Å². The molecule has 0 aliphatic heterocycles. The summed E-state index contributed by atoms with van der Waals surface area (Å²) in [5, 5.41) is 8.15. The van der Waals surface area contributed by atoms with Gasteiger partial charge in [-0.25, -0.2) is 4.79 Å². The Morgan fingerprint density at radius 3 is 2.36 bits per heavy atom. The van der Waals surface area contributed by atoms with Crippen LogP contribution >= 0.6 is 0 Å². The summed E-state index contributed by atoms with van der Waals surface area (Å²) in [4.78, 5) is 9.95. The van der Waals surface area contributed by atoms with Crippen LogP contribution in [-0.2, 0) is 9.47 Å². The van der Waals surface area contributed by atoms with Gasteiger partial charge in [-0.1, -0.05) is 13.8 Å². The van der Waals surface area contributed by atoms with E-state index in [4.69, 9.17) is 9.84 Å². The van der Waals surface area contributed by atoms with Crippen LogP contribution < -0.4 is 0 Å². The lowest BCUT2D eigenvalue weighted by molar-refractivity contribution is -0.111.